The second kappa shape index (κ2) is 5.64. The van der Waals surface area contributed by atoms with E-state index in [2.05, 4.69) is 19.1 Å². The van der Waals surface area contributed by atoms with Crippen LogP contribution in [0.3, 0.4) is 0 Å². The molecule has 1 aromatic heterocycles. The molecule has 1 heterocycles. The summed E-state index contributed by atoms with van der Waals surface area (Å²) in [6, 6.07) is 8.17. The lowest BCUT2D eigenvalue weighted by atomic mass is 10.0. The van der Waals surface area contributed by atoms with E-state index < -0.39 is 0 Å². The van der Waals surface area contributed by atoms with Gasteiger partial charge in [0.15, 0.2) is 0 Å². The highest BCUT2D eigenvalue weighted by atomic mass is 35.5. The predicted octanol–water partition coefficient (Wildman–Crippen LogP) is 5.68. The summed E-state index contributed by atoms with van der Waals surface area (Å²) in [6.07, 6.45) is 6.29. The molecule has 0 unspecified atom stereocenters. The van der Waals surface area contributed by atoms with Crippen LogP contribution in [0.2, 0.25) is 5.02 Å². The van der Waals surface area contributed by atoms with Crippen LogP contribution in [0.15, 0.2) is 24.3 Å². The van der Waals surface area contributed by atoms with Gasteiger partial charge in [0.05, 0.1) is 15.6 Å². The van der Waals surface area contributed by atoms with E-state index in [0.29, 0.717) is 5.92 Å². The van der Waals surface area contributed by atoms with Crippen LogP contribution in [0.1, 0.15) is 49.2 Å². The van der Waals surface area contributed by atoms with E-state index in [0.717, 1.165) is 11.4 Å². The van der Waals surface area contributed by atoms with Crippen LogP contribution in [-0.2, 0) is 6.42 Å². The largest absolute Gasteiger partial charge is 0.245 e. The van der Waals surface area contributed by atoms with E-state index in [1.807, 2.05) is 23.5 Å². The summed E-state index contributed by atoms with van der Waals surface area (Å²) < 4.78 is 0. The van der Waals surface area contributed by atoms with Crippen LogP contribution in [0.25, 0.3) is 10.4 Å². The van der Waals surface area contributed by atoms with Gasteiger partial charge in [0.25, 0.3) is 0 Å². The Balaban J connectivity index is 2.05. The van der Waals surface area contributed by atoms with E-state index in [9.17, 15) is 0 Å². The SMILES string of the molecule is CCc1nc(C2CCCC2)c(-c2cccc(Cl)c2)s1. The lowest BCUT2D eigenvalue weighted by Gasteiger charge is -2.09. The third-order valence-electron chi connectivity index (χ3n) is 3.83. The van der Waals surface area contributed by atoms with E-state index in [-0.39, 0.29) is 0 Å². The maximum atomic E-state index is 6.13. The molecular formula is C16H18ClNS. The topological polar surface area (TPSA) is 12.9 Å². The van der Waals surface area contributed by atoms with Gasteiger partial charge >= 0.3 is 0 Å². The normalized spacial score (nSPS) is 16.1. The summed E-state index contributed by atoms with van der Waals surface area (Å²) in [6.45, 7) is 2.18. The number of aromatic nitrogens is 1. The van der Waals surface area contributed by atoms with Crippen LogP contribution < -0.4 is 0 Å². The molecule has 1 aliphatic carbocycles. The maximum absolute atomic E-state index is 6.13. The monoisotopic (exact) mass is 291 g/mol. The second-order valence-electron chi connectivity index (χ2n) is 5.17. The van der Waals surface area contributed by atoms with Gasteiger partial charge in [-0.05, 0) is 37.0 Å². The molecule has 0 radical (unpaired) electrons. The number of hydrogen-bond acceptors (Lipinski definition) is 2. The zero-order valence-corrected chi connectivity index (χ0v) is 12.7. The van der Waals surface area contributed by atoms with Gasteiger partial charge in [-0.3, -0.25) is 0 Å². The standard InChI is InChI=1S/C16H18ClNS/c1-2-14-18-15(11-6-3-4-7-11)16(19-14)12-8-5-9-13(17)10-12/h5,8-11H,2-4,6-7H2,1H3. The van der Waals surface area contributed by atoms with Crippen molar-refractivity contribution in [3.05, 3.63) is 40.0 Å². The highest BCUT2D eigenvalue weighted by Gasteiger charge is 2.24. The average Bonchev–Trinajstić information content (AvgIpc) is 3.07. The molecule has 0 atom stereocenters. The number of hydrogen-bond donors (Lipinski definition) is 0. The molecule has 0 saturated heterocycles. The molecule has 100 valence electrons. The van der Waals surface area contributed by atoms with Crippen molar-refractivity contribution >= 4 is 22.9 Å². The van der Waals surface area contributed by atoms with Gasteiger partial charge in [0.1, 0.15) is 0 Å². The van der Waals surface area contributed by atoms with Crippen molar-refractivity contribution in [1.82, 2.24) is 4.98 Å². The Labute approximate surface area is 123 Å². The third-order valence-corrected chi connectivity index (χ3v) is 5.33. The molecule has 1 aromatic carbocycles. The van der Waals surface area contributed by atoms with Crippen LogP contribution >= 0.6 is 22.9 Å². The minimum atomic E-state index is 0.658. The predicted molar refractivity (Wildman–Crippen MR) is 83.1 cm³/mol. The summed E-state index contributed by atoms with van der Waals surface area (Å²) in [5.41, 5.74) is 2.55. The molecule has 1 saturated carbocycles. The molecule has 0 bridgehead atoms. The van der Waals surface area contributed by atoms with Gasteiger partial charge in [-0.25, -0.2) is 4.98 Å². The van der Waals surface area contributed by atoms with Crippen molar-refractivity contribution in [3.8, 4) is 10.4 Å². The summed E-state index contributed by atoms with van der Waals surface area (Å²) in [5, 5.41) is 2.05. The first-order valence-electron chi connectivity index (χ1n) is 7.03. The molecule has 1 fully saturated rings. The molecule has 0 spiro atoms. The fraction of sp³-hybridized carbons (Fsp3) is 0.438. The molecule has 3 heteroatoms. The second-order valence-corrected chi connectivity index (χ2v) is 6.69. The van der Waals surface area contributed by atoms with Gasteiger partial charge in [0.2, 0.25) is 0 Å². The molecular weight excluding hydrogens is 274 g/mol. The Kier molecular flexibility index (Phi) is 3.90. The van der Waals surface area contributed by atoms with Crippen LogP contribution in [0, 0.1) is 0 Å². The highest BCUT2D eigenvalue weighted by molar-refractivity contribution is 7.15. The van der Waals surface area contributed by atoms with Crippen molar-refractivity contribution < 1.29 is 0 Å². The van der Waals surface area contributed by atoms with Crippen molar-refractivity contribution in [3.63, 3.8) is 0 Å². The summed E-state index contributed by atoms with van der Waals surface area (Å²) in [7, 11) is 0. The first-order chi connectivity index (χ1) is 9.28. The molecule has 0 aliphatic heterocycles. The molecule has 1 aliphatic rings. The fourth-order valence-corrected chi connectivity index (χ4v) is 4.12. The lowest BCUT2D eigenvalue weighted by molar-refractivity contribution is 0.701. The van der Waals surface area contributed by atoms with Gasteiger partial charge < -0.3 is 0 Å². The number of rotatable bonds is 3. The van der Waals surface area contributed by atoms with Crippen LogP contribution in [0.4, 0.5) is 0 Å². The van der Waals surface area contributed by atoms with Crippen molar-refractivity contribution in [2.45, 2.75) is 44.9 Å². The number of thiazole rings is 1. The summed E-state index contributed by atoms with van der Waals surface area (Å²) in [4.78, 5) is 6.23. The Morgan fingerprint density at radius 1 is 1.32 bits per heavy atom. The number of halogens is 1. The van der Waals surface area contributed by atoms with E-state index in [4.69, 9.17) is 16.6 Å². The first-order valence-corrected chi connectivity index (χ1v) is 8.23. The van der Waals surface area contributed by atoms with Gasteiger partial charge in [-0.1, -0.05) is 43.5 Å². The van der Waals surface area contributed by atoms with Crippen molar-refractivity contribution in [1.29, 1.82) is 0 Å². The van der Waals surface area contributed by atoms with Gasteiger partial charge in [-0.2, -0.15) is 0 Å². The third kappa shape index (κ3) is 2.70. The number of nitrogens with zero attached hydrogens (tertiary/aromatic N) is 1. The Hall–Kier alpha value is -0.860. The minimum Gasteiger partial charge on any atom is -0.245 e. The zero-order chi connectivity index (χ0) is 13.2. The minimum absolute atomic E-state index is 0.658. The number of aryl methyl sites for hydroxylation is 1. The number of benzene rings is 1. The van der Waals surface area contributed by atoms with E-state index in [1.54, 1.807) is 0 Å². The quantitative estimate of drug-likeness (QED) is 0.708. The van der Waals surface area contributed by atoms with E-state index >= 15 is 0 Å². The molecule has 19 heavy (non-hydrogen) atoms. The van der Waals surface area contributed by atoms with Crippen LogP contribution in [0.5, 0.6) is 0 Å². The van der Waals surface area contributed by atoms with Gasteiger partial charge in [-0.15, -0.1) is 11.3 Å². The summed E-state index contributed by atoms with van der Waals surface area (Å²) >= 11 is 7.97. The lowest BCUT2D eigenvalue weighted by Crippen LogP contribution is -1.95. The Bertz CT molecular complexity index is 570. The smallest absolute Gasteiger partial charge is 0.0932 e. The molecule has 3 rings (SSSR count). The zero-order valence-electron chi connectivity index (χ0n) is 11.2. The van der Waals surface area contributed by atoms with Gasteiger partial charge in [0, 0.05) is 10.9 Å². The van der Waals surface area contributed by atoms with E-state index in [1.165, 1.54) is 46.8 Å². The molecule has 2 aromatic rings. The highest BCUT2D eigenvalue weighted by Crippen LogP contribution is 2.42. The molecule has 0 N–H and O–H groups in total. The van der Waals surface area contributed by atoms with Crippen molar-refractivity contribution in [2.24, 2.45) is 0 Å². The molecule has 1 nitrogen and oxygen atoms in total. The average molecular weight is 292 g/mol. The van der Waals surface area contributed by atoms with Crippen LogP contribution in [-0.4, -0.2) is 4.98 Å². The molecule has 0 amide bonds. The first kappa shape index (κ1) is 13.1. The maximum Gasteiger partial charge on any atom is 0.0932 e. The Morgan fingerprint density at radius 2 is 2.11 bits per heavy atom. The fourth-order valence-electron chi connectivity index (χ4n) is 2.84. The Morgan fingerprint density at radius 3 is 2.79 bits per heavy atom. The van der Waals surface area contributed by atoms with Crippen molar-refractivity contribution in [2.75, 3.05) is 0 Å². The summed E-state index contributed by atoms with van der Waals surface area (Å²) in [5.74, 6) is 0.658.